The predicted molar refractivity (Wildman–Crippen MR) is 107 cm³/mol. The van der Waals surface area contributed by atoms with Crippen LogP contribution in [-0.2, 0) is 4.79 Å². The summed E-state index contributed by atoms with van der Waals surface area (Å²) >= 11 is 0. The number of ether oxygens (including phenoxy) is 2. The monoisotopic (exact) mass is 374 g/mol. The Bertz CT molecular complexity index is 640. The normalized spacial score (nSPS) is 25.7. The molecule has 3 rings (SSSR count). The van der Waals surface area contributed by atoms with Gasteiger partial charge in [-0.15, -0.1) is 0 Å². The molecule has 1 aromatic rings. The number of hydrogen-bond donors (Lipinski definition) is 0. The first-order valence-corrected chi connectivity index (χ1v) is 10.2. The quantitative estimate of drug-likeness (QED) is 0.758. The Morgan fingerprint density at radius 1 is 1.15 bits per heavy atom. The van der Waals surface area contributed by atoms with E-state index in [1.165, 1.54) is 25.7 Å². The average molecular weight is 375 g/mol. The average Bonchev–Trinajstić information content (AvgIpc) is 3.17. The van der Waals surface area contributed by atoms with Crippen LogP contribution in [0.2, 0.25) is 0 Å². The third-order valence-electron chi connectivity index (χ3n) is 6.36. The molecule has 5 nitrogen and oxygen atoms in total. The Kier molecular flexibility index (Phi) is 6.64. The van der Waals surface area contributed by atoms with Crippen molar-refractivity contribution >= 4 is 5.91 Å². The lowest BCUT2D eigenvalue weighted by atomic mass is 9.87. The molecule has 27 heavy (non-hydrogen) atoms. The lowest BCUT2D eigenvalue weighted by molar-refractivity contribution is -0.133. The van der Waals surface area contributed by atoms with E-state index in [2.05, 4.69) is 18.9 Å². The van der Waals surface area contributed by atoms with Crippen LogP contribution in [0.3, 0.4) is 0 Å². The van der Waals surface area contributed by atoms with Gasteiger partial charge in [-0.25, -0.2) is 0 Å². The number of amides is 1. The van der Waals surface area contributed by atoms with E-state index in [1.807, 2.05) is 23.1 Å². The number of likely N-dealkylation sites (tertiary alicyclic amines) is 1. The minimum Gasteiger partial charge on any atom is -0.497 e. The number of benzene rings is 1. The fourth-order valence-corrected chi connectivity index (χ4v) is 4.60. The second-order valence-electron chi connectivity index (χ2n) is 8.18. The van der Waals surface area contributed by atoms with E-state index in [1.54, 1.807) is 14.2 Å². The van der Waals surface area contributed by atoms with Gasteiger partial charge in [-0.1, -0.05) is 6.92 Å². The van der Waals surface area contributed by atoms with Crippen LogP contribution in [0.1, 0.15) is 57.1 Å². The van der Waals surface area contributed by atoms with Crippen LogP contribution in [0, 0.1) is 5.92 Å². The van der Waals surface area contributed by atoms with Crippen LogP contribution >= 0.6 is 0 Å². The number of rotatable bonds is 6. The molecule has 1 aromatic carbocycles. The summed E-state index contributed by atoms with van der Waals surface area (Å²) in [5.74, 6) is 2.69. The number of hydrogen-bond acceptors (Lipinski definition) is 4. The van der Waals surface area contributed by atoms with Gasteiger partial charge < -0.3 is 14.4 Å². The third kappa shape index (κ3) is 4.57. The van der Waals surface area contributed by atoms with E-state index in [0.29, 0.717) is 12.6 Å². The van der Waals surface area contributed by atoms with Crippen molar-refractivity contribution in [3.05, 3.63) is 23.8 Å². The predicted octanol–water partition coefficient (Wildman–Crippen LogP) is 3.88. The van der Waals surface area contributed by atoms with Gasteiger partial charge in [-0.2, -0.15) is 0 Å². The van der Waals surface area contributed by atoms with Crippen LogP contribution in [0.25, 0.3) is 0 Å². The SMILES string of the molecule is COc1ccc(OC)c(C2CCCN2C(=O)CN(C)C2CCC(C)CC2)c1. The molecule has 1 saturated carbocycles. The van der Waals surface area contributed by atoms with Gasteiger partial charge in [0.2, 0.25) is 5.91 Å². The van der Waals surface area contributed by atoms with E-state index < -0.39 is 0 Å². The van der Waals surface area contributed by atoms with E-state index in [4.69, 9.17) is 9.47 Å². The Hall–Kier alpha value is -1.75. The van der Waals surface area contributed by atoms with Crippen molar-refractivity contribution in [3.63, 3.8) is 0 Å². The molecule has 0 aromatic heterocycles. The summed E-state index contributed by atoms with van der Waals surface area (Å²) < 4.78 is 11.0. The van der Waals surface area contributed by atoms with Gasteiger partial charge in [0.25, 0.3) is 0 Å². The molecule has 0 radical (unpaired) electrons. The molecule has 150 valence electrons. The smallest absolute Gasteiger partial charge is 0.237 e. The van der Waals surface area contributed by atoms with Crippen LogP contribution in [0.15, 0.2) is 18.2 Å². The second-order valence-corrected chi connectivity index (χ2v) is 8.18. The fourth-order valence-electron chi connectivity index (χ4n) is 4.60. The van der Waals surface area contributed by atoms with Crippen LogP contribution in [0.5, 0.6) is 11.5 Å². The van der Waals surface area contributed by atoms with Crippen molar-refractivity contribution in [2.75, 3.05) is 34.4 Å². The standard InChI is InChI=1S/C22H34N2O3/c1-16-7-9-17(10-8-16)23(2)15-22(25)24-13-5-6-20(24)19-14-18(26-3)11-12-21(19)27-4/h11-12,14,16-17,20H,5-10,13,15H2,1-4H3. The number of carbonyl (C=O) groups excluding carboxylic acids is 1. The topological polar surface area (TPSA) is 42.0 Å². The summed E-state index contributed by atoms with van der Waals surface area (Å²) in [7, 11) is 5.46. The van der Waals surface area contributed by atoms with E-state index >= 15 is 0 Å². The zero-order valence-corrected chi connectivity index (χ0v) is 17.2. The highest BCUT2D eigenvalue weighted by molar-refractivity contribution is 5.79. The largest absolute Gasteiger partial charge is 0.497 e. The van der Waals surface area contributed by atoms with Gasteiger partial charge in [0.1, 0.15) is 11.5 Å². The highest BCUT2D eigenvalue weighted by Crippen LogP contribution is 2.39. The van der Waals surface area contributed by atoms with Crippen LogP contribution in [0.4, 0.5) is 0 Å². The summed E-state index contributed by atoms with van der Waals surface area (Å²) in [4.78, 5) is 17.4. The van der Waals surface area contributed by atoms with Gasteiger partial charge in [-0.05, 0) is 69.7 Å². The van der Waals surface area contributed by atoms with Crippen LogP contribution < -0.4 is 9.47 Å². The summed E-state index contributed by atoms with van der Waals surface area (Å²) in [6, 6.07) is 6.47. The highest BCUT2D eigenvalue weighted by atomic mass is 16.5. The van der Waals surface area contributed by atoms with Gasteiger partial charge in [-0.3, -0.25) is 9.69 Å². The van der Waals surface area contributed by atoms with Crippen molar-refractivity contribution in [2.24, 2.45) is 5.92 Å². The molecule has 1 saturated heterocycles. The summed E-state index contributed by atoms with van der Waals surface area (Å²) in [5, 5.41) is 0. The highest BCUT2D eigenvalue weighted by Gasteiger charge is 2.33. The molecule has 1 amide bonds. The maximum Gasteiger partial charge on any atom is 0.237 e. The molecule has 0 spiro atoms. The molecule has 1 heterocycles. The molecular formula is C22H34N2O3. The number of methoxy groups -OCH3 is 2. The lowest BCUT2D eigenvalue weighted by Crippen LogP contribution is -2.43. The zero-order valence-electron chi connectivity index (χ0n) is 17.2. The third-order valence-corrected chi connectivity index (χ3v) is 6.36. The number of likely N-dealkylation sites (N-methyl/N-ethyl adjacent to an activating group) is 1. The van der Waals surface area contributed by atoms with E-state index in [-0.39, 0.29) is 11.9 Å². The Labute approximate surface area is 163 Å². The number of nitrogens with zero attached hydrogens (tertiary/aromatic N) is 2. The van der Waals surface area contributed by atoms with Crippen molar-refractivity contribution in [1.29, 1.82) is 0 Å². The number of carbonyl (C=O) groups is 1. The Morgan fingerprint density at radius 3 is 2.56 bits per heavy atom. The van der Waals surface area contributed by atoms with Crippen molar-refractivity contribution in [1.82, 2.24) is 9.80 Å². The first kappa shape index (κ1) is 20.0. The molecule has 0 N–H and O–H groups in total. The lowest BCUT2D eigenvalue weighted by Gasteiger charge is -2.35. The second kappa shape index (κ2) is 8.96. The Balaban J connectivity index is 1.69. The molecule has 0 bridgehead atoms. The molecule has 1 unspecified atom stereocenters. The fraction of sp³-hybridized carbons (Fsp3) is 0.682. The maximum absolute atomic E-state index is 13.1. The van der Waals surface area contributed by atoms with Gasteiger partial charge in [0.05, 0.1) is 26.8 Å². The molecule has 2 fully saturated rings. The summed E-state index contributed by atoms with van der Waals surface area (Å²) in [5.41, 5.74) is 1.05. The zero-order chi connectivity index (χ0) is 19.4. The molecule has 2 aliphatic rings. The van der Waals surface area contributed by atoms with Gasteiger partial charge in [0.15, 0.2) is 0 Å². The Morgan fingerprint density at radius 2 is 1.89 bits per heavy atom. The van der Waals surface area contributed by atoms with Crippen molar-refractivity contribution in [2.45, 2.75) is 57.5 Å². The molecule has 1 atom stereocenters. The van der Waals surface area contributed by atoms with Gasteiger partial charge in [0, 0.05) is 18.2 Å². The first-order valence-electron chi connectivity index (χ1n) is 10.2. The maximum atomic E-state index is 13.1. The minimum absolute atomic E-state index is 0.0716. The van der Waals surface area contributed by atoms with Crippen molar-refractivity contribution in [3.8, 4) is 11.5 Å². The minimum atomic E-state index is 0.0716. The van der Waals surface area contributed by atoms with E-state index in [9.17, 15) is 4.79 Å². The first-order chi connectivity index (χ1) is 13.0. The molecule has 5 heteroatoms. The molecular weight excluding hydrogens is 340 g/mol. The summed E-state index contributed by atoms with van der Waals surface area (Å²) in [6.45, 7) is 3.65. The van der Waals surface area contributed by atoms with Crippen LogP contribution in [-0.4, -0.2) is 56.1 Å². The molecule has 1 aliphatic carbocycles. The summed E-state index contributed by atoms with van der Waals surface area (Å²) in [6.07, 6.45) is 6.96. The van der Waals surface area contributed by atoms with E-state index in [0.717, 1.165) is 42.4 Å². The van der Waals surface area contributed by atoms with Gasteiger partial charge >= 0.3 is 0 Å². The molecule has 1 aliphatic heterocycles. The van der Waals surface area contributed by atoms with Crippen molar-refractivity contribution < 1.29 is 14.3 Å².